The molecule has 0 aliphatic carbocycles. The van der Waals surface area contributed by atoms with Crippen LogP contribution in [0.3, 0.4) is 0 Å². The normalized spacial score (nSPS) is 15.4. The summed E-state index contributed by atoms with van der Waals surface area (Å²) in [6.07, 6.45) is 2.29. The van der Waals surface area contributed by atoms with Gasteiger partial charge >= 0.3 is 11.9 Å². The Bertz CT molecular complexity index is 1030. The molecule has 0 aromatic heterocycles. The van der Waals surface area contributed by atoms with Gasteiger partial charge in [0.15, 0.2) is 12.6 Å². The Kier molecular flexibility index (Phi) is 8.39. The maximum Gasteiger partial charge on any atom is 0.362 e. The first kappa shape index (κ1) is 25.4. The molecule has 1 unspecified atom stereocenters. The molecule has 1 heterocycles. The van der Waals surface area contributed by atoms with Crippen LogP contribution >= 0.6 is 0 Å². The Morgan fingerprint density at radius 2 is 1.79 bits per heavy atom. The summed E-state index contributed by atoms with van der Waals surface area (Å²) in [7, 11) is 1.20. The van der Waals surface area contributed by atoms with E-state index in [-0.39, 0.29) is 36.3 Å². The molecule has 1 fully saturated rings. The number of hydrogen-bond acceptors (Lipinski definition) is 5. The fraction of sp³-hybridized carbons (Fsp3) is 0.423. The first-order valence-corrected chi connectivity index (χ1v) is 11.5. The predicted octanol–water partition coefficient (Wildman–Crippen LogP) is 3.99. The van der Waals surface area contributed by atoms with Gasteiger partial charge in [0.1, 0.15) is 12.4 Å². The van der Waals surface area contributed by atoms with Gasteiger partial charge in [-0.25, -0.2) is 14.0 Å². The maximum absolute atomic E-state index is 13.9. The maximum atomic E-state index is 13.9. The molecule has 8 heteroatoms. The second-order valence-electron chi connectivity index (χ2n) is 8.73. The van der Waals surface area contributed by atoms with Gasteiger partial charge in [0, 0.05) is 19.3 Å². The van der Waals surface area contributed by atoms with Gasteiger partial charge in [0.2, 0.25) is 0 Å². The lowest BCUT2D eigenvalue weighted by atomic mass is 10.0. The average Bonchev–Trinajstić information content (AvgIpc) is 3.28. The fourth-order valence-electron chi connectivity index (χ4n) is 4.79. The average molecular weight is 472 g/mol. The molecule has 1 atom stereocenters. The lowest BCUT2D eigenvalue weighted by Crippen LogP contribution is -2.60. The van der Waals surface area contributed by atoms with Gasteiger partial charge in [-0.1, -0.05) is 37.3 Å². The number of carbonyl (C=O) groups excluding carboxylic acids is 3. The molecule has 34 heavy (non-hydrogen) atoms. The number of benzene rings is 2. The van der Waals surface area contributed by atoms with Crippen molar-refractivity contribution in [3.63, 3.8) is 0 Å². The number of nitrogens with one attached hydrogen (secondary N) is 1. The number of likely N-dealkylation sites (tertiary alicyclic amines) is 1. The number of ether oxygens (including phenoxy) is 2. The number of aryl methyl sites for hydroxylation is 1. The molecular formula is C26H32FN2O5+. The highest BCUT2D eigenvalue weighted by Gasteiger charge is 2.45. The van der Waals surface area contributed by atoms with Crippen LogP contribution in [0, 0.1) is 12.7 Å². The molecule has 182 valence electrons. The number of carbonyl (C=O) groups is 3. The lowest BCUT2D eigenvalue weighted by Gasteiger charge is -2.39. The minimum Gasteiger partial charge on any atom is -0.465 e. The number of anilines is 1. The number of hydrogen-bond donors (Lipinski definition) is 1. The Hall–Kier alpha value is -3.26. The second-order valence-corrected chi connectivity index (χ2v) is 8.73. The van der Waals surface area contributed by atoms with Crippen LogP contribution in [0.4, 0.5) is 10.1 Å². The molecule has 1 aliphatic heterocycles. The molecule has 7 nitrogen and oxygen atoms in total. The van der Waals surface area contributed by atoms with E-state index in [0.717, 1.165) is 24.5 Å². The van der Waals surface area contributed by atoms with Gasteiger partial charge in [-0.3, -0.25) is 4.79 Å². The minimum atomic E-state index is -0.736. The summed E-state index contributed by atoms with van der Waals surface area (Å²) in [5, 5.41) is 2.83. The van der Waals surface area contributed by atoms with Crippen molar-refractivity contribution in [2.24, 2.45) is 0 Å². The smallest absolute Gasteiger partial charge is 0.362 e. The molecule has 3 rings (SSSR count). The molecule has 0 saturated carbocycles. The minimum absolute atomic E-state index is 0.0431. The van der Waals surface area contributed by atoms with Gasteiger partial charge in [-0.2, -0.15) is 0 Å². The molecule has 0 spiro atoms. The summed E-state index contributed by atoms with van der Waals surface area (Å²) in [5.41, 5.74) is 1.49. The van der Waals surface area contributed by atoms with Gasteiger partial charge in [-0.05, 0) is 30.2 Å². The first-order chi connectivity index (χ1) is 16.3. The number of methoxy groups -OCH3 is 1. The molecule has 0 radical (unpaired) electrons. The van der Waals surface area contributed by atoms with E-state index in [9.17, 15) is 18.8 Å². The highest BCUT2D eigenvalue weighted by Crippen LogP contribution is 2.29. The van der Waals surface area contributed by atoms with E-state index in [2.05, 4.69) is 5.32 Å². The number of esters is 2. The van der Waals surface area contributed by atoms with Gasteiger partial charge in [0.25, 0.3) is 5.91 Å². The first-order valence-electron chi connectivity index (χ1n) is 11.5. The summed E-state index contributed by atoms with van der Waals surface area (Å²) in [5.74, 6) is -2.00. The van der Waals surface area contributed by atoms with Crippen molar-refractivity contribution in [3.8, 4) is 0 Å². The third-order valence-corrected chi connectivity index (χ3v) is 6.45. The number of halogens is 1. The van der Waals surface area contributed by atoms with Crippen LogP contribution in [0.2, 0.25) is 0 Å². The molecule has 1 saturated heterocycles. The van der Waals surface area contributed by atoms with Crippen LogP contribution in [0.1, 0.15) is 47.7 Å². The Morgan fingerprint density at radius 1 is 1.12 bits per heavy atom. The highest BCUT2D eigenvalue weighted by atomic mass is 19.1. The summed E-state index contributed by atoms with van der Waals surface area (Å²) in [6, 6.07) is 11.2. The number of nitrogens with zero attached hydrogens (tertiary/aromatic N) is 1. The van der Waals surface area contributed by atoms with Crippen molar-refractivity contribution in [3.05, 3.63) is 65.0 Å². The number of quaternary nitrogens is 1. The lowest BCUT2D eigenvalue weighted by molar-refractivity contribution is -0.924. The molecule has 1 aliphatic rings. The van der Waals surface area contributed by atoms with Gasteiger partial charge in [-0.15, -0.1) is 0 Å². The topological polar surface area (TPSA) is 81.7 Å². The van der Waals surface area contributed by atoms with Crippen molar-refractivity contribution in [2.45, 2.75) is 45.8 Å². The Morgan fingerprint density at radius 3 is 2.41 bits per heavy atom. The molecule has 1 amide bonds. The monoisotopic (exact) mass is 471 g/mol. The van der Waals surface area contributed by atoms with Crippen LogP contribution in [0.15, 0.2) is 42.5 Å². The van der Waals surface area contributed by atoms with Crippen LogP contribution in [0.25, 0.3) is 0 Å². The second kappa shape index (κ2) is 11.2. The largest absolute Gasteiger partial charge is 0.465 e. The van der Waals surface area contributed by atoms with Crippen molar-refractivity contribution < 1.29 is 32.7 Å². The van der Waals surface area contributed by atoms with E-state index in [0.29, 0.717) is 29.6 Å². The van der Waals surface area contributed by atoms with Crippen molar-refractivity contribution in [1.82, 2.24) is 0 Å². The van der Waals surface area contributed by atoms with E-state index in [4.69, 9.17) is 9.47 Å². The van der Waals surface area contributed by atoms with Crippen LogP contribution in [-0.2, 0) is 25.7 Å². The third-order valence-electron chi connectivity index (χ3n) is 6.45. The quantitative estimate of drug-likeness (QED) is 0.442. The van der Waals surface area contributed by atoms with E-state index in [1.54, 1.807) is 6.92 Å². The summed E-state index contributed by atoms with van der Waals surface area (Å²) in [4.78, 5) is 38.5. The SMILES string of the molecule is CCC(C(=O)Nc1c(C)cc(F)cc1C(=O)OC)[N+]1(CC(=O)OCc2ccccc2)CCCC1. The zero-order valence-corrected chi connectivity index (χ0v) is 19.9. The molecule has 0 bridgehead atoms. The van der Waals surface area contributed by atoms with Crippen LogP contribution in [-0.4, -0.2) is 55.1 Å². The zero-order chi connectivity index (χ0) is 24.7. The number of amides is 1. The Balaban J connectivity index is 1.79. The molecular weight excluding hydrogens is 439 g/mol. The Labute approximate surface area is 199 Å². The van der Waals surface area contributed by atoms with E-state index >= 15 is 0 Å². The van der Waals surface area contributed by atoms with Crippen molar-refractivity contribution in [1.29, 1.82) is 0 Å². The van der Waals surface area contributed by atoms with Crippen LogP contribution < -0.4 is 5.32 Å². The summed E-state index contributed by atoms with van der Waals surface area (Å²) in [6.45, 7) is 5.14. The fourth-order valence-corrected chi connectivity index (χ4v) is 4.79. The van der Waals surface area contributed by atoms with Gasteiger partial charge < -0.3 is 19.3 Å². The van der Waals surface area contributed by atoms with Crippen LogP contribution in [0.5, 0.6) is 0 Å². The number of rotatable bonds is 9. The summed E-state index contributed by atoms with van der Waals surface area (Å²) < 4.78 is 24.5. The molecule has 2 aromatic rings. The molecule has 1 N–H and O–H groups in total. The van der Waals surface area contributed by atoms with Crippen molar-refractivity contribution in [2.75, 3.05) is 32.1 Å². The molecule has 2 aromatic carbocycles. The predicted molar refractivity (Wildman–Crippen MR) is 126 cm³/mol. The summed E-state index contributed by atoms with van der Waals surface area (Å²) >= 11 is 0. The van der Waals surface area contributed by atoms with E-state index < -0.39 is 17.8 Å². The zero-order valence-electron chi connectivity index (χ0n) is 19.9. The van der Waals surface area contributed by atoms with E-state index in [1.165, 1.54) is 13.2 Å². The third kappa shape index (κ3) is 5.80. The van der Waals surface area contributed by atoms with Crippen molar-refractivity contribution >= 4 is 23.5 Å². The van der Waals surface area contributed by atoms with Gasteiger partial charge in [0.05, 0.1) is 31.5 Å². The standard InChI is InChI=1S/C26H31FN2O5/c1-4-22(25(31)28-24-18(2)14-20(27)15-21(24)26(32)33-3)29(12-8-9-13-29)16-23(30)34-17-19-10-6-5-7-11-19/h5-7,10-11,14-15,22H,4,8-9,12-13,16-17H2,1-3H3/p+1. The van der Waals surface area contributed by atoms with E-state index in [1.807, 2.05) is 37.3 Å². The highest BCUT2D eigenvalue weighted by molar-refractivity contribution is 6.03.